The van der Waals surface area contributed by atoms with Gasteiger partial charge in [-0.3, -0.25) is 9.69 Å². The van der Waals surface area contributed by atoms with E-state index in [0.717, 1.165) is 12.0 Å². The Labute approximate surface area is 188 Å². The summed E-state index contributed by atoms with van der Waals surface area (Å²) in [6.07, 6.45) is 1.46. The number of carbonyl (C=O) groups excluding carboxylic acids is 1. The first kappa shape index (κ1) is 22.4. The Morgan fingerprint density at radius 1 is 1.16 bits per heavy atom. The monoisotopic (exact) mass is 456 g/mol. The molecule has 2 atom stereocenters. The van der Waals surface area contributed by atoms with Gasteiger partial charge < -0.3 is 15.5 Å². The van der Waals surface area contributed by atoms with Crippen LogP contribution in [0, 0.1) is 5.41 Å². The number of nitrogens with one attached hydrogen (secondary N) is 1. The molecular formula is C24H28N2O5S. The van der Waals surface area contributed by atoms with Crippen molar-refractivity contribution >= 4 is 27.1 Å². The number of aliphatic hydroxyl groups is 1. The van der Waals surface area contributed by atoms with Crippen LogP contribution in [0.25, 0.3) is 0 Å². The number of carbonyl (C=O) groups is 1. The summed E-state index contributed by atoms with van der Waals surface area (Å²) in [4.78, 5) is 14.7. The number of hydrogen-bond acceptors (Lipinski definition) is 6. The van der Waals surface area contributed by atoms with E-state index in [4.69, 9.17) is 0 Å². The van der Waals surface area contributed by atoms with E-state index in [1.54, 1.807) is 35.2 Å². The molecule has 0 aromatic heterocycles. The van der Waals surface area contributed by atoms with Crippen molar-refractivity contribution in [2.45, 2.75) is 50.7 Å². The molecule has 1 aliphatic carbocycles. The predicted molar refractivity (Wildman–Crippen MR) is 123 cm³/mol. The quantitative estimate of drug-likeness (QED) is 0.594. The highest BCUT2D eigenvalue weighted by molar-refractivity contribution is 7.90. The molecule has 0 bridgehead atoms. The van der Waals surface area contributed by atoms with Crippen molar-refractivity contribution in [3.8, 4) is 5.75 Å². The average Bonchev–Trinajstić information content (AvgIpc) is 2.82. The fourth-order valence-electron chi connectivity index (χ4n) is 4.81. The molecule has 2 aromatic rings. The minimum atomic E-state index is -3.38. The summed E-state index contributed by atoms with van der Waals surface area (Å²) in [5.41, 5.74) is 2.81. The van der Waals surface area contributed by atoms with E-state index < -0.39 is 22.0 Å². The van der Waals surface area contributed by atoms with Gasteiger partial charge in [-0.2, -0.15) is 0 Å². The molecule has 4 rings (SSSR count). The van der Waals surface area contributed by atoms with Crippen LogP contribution in [0.15, 0.2) is 58.6 Å². The number of allylic oxidation sites excluding steroid dienone is 1. The van der Waals surface area contributed by atoms with Crippen LogP contribution >= 0.6 is 0 Å². The summed E-state index contributed by atoms with van der Waals surface area (Å²) in [5, 5.41) is 25.1. The van der Waals surface area contributed by atoms with E-state index >= 15 is 0 Å². The summed E-state index contributed by atoms with van der Waals surface area (Å²) >= 11 is 0. The zero-order valence-electron chi connectivity index (χ0n) is 18.6. The van der Waals surface area contributed by atoms with Gasteiger partial charge in [0.25, 0.3) is 0 Å². The third kappa shape index (κ3) is 3.89. The third-order valence-electron chi connectivity index (χ3n) is 6.18. The topological polar surface area (TPSA) is 107 Å². The van der Waals surface area contributed by atoms with Gasteiger partial charge >= 0.3 is 0 Å². The molecule has 1 amide bonds. The van der Waals surface area contributed by atoms with Crippen LogP contribution in [-0.2, 0) is 14.6 Å². The number of amides is 1. The standard InChI is InChI=1S/C24H28N2O5S/c1-14(27)26-18-6-5-7-19(28)22(18)25-17-12-24(2,3)13-20(29)21(17)23(26)15-8-10-16(11-9-15)32(4,30)31/h5-11,20,23,25,28-29H,12-13H2,1-4H3. The fraction of sp³-hybridized carbons (Fsp3) is 0.375. The number of anilines is 2. The second kappa shape index (κ2) is 7.64. The Balaban J connectivity index is 1.99. The molecular weight excluding hydrogens is 428 g/mol. The van der Waals surface area contributed by atoms with E-state index in [0.29, 0.717) is 35.4 Å². The number of fused-ring (bicyclic) bond motifs is 1. The fourth-order valence-corrected chi connectivity index (χ4v) is 5.44. The Morgan fingerprint density at radius 2 is 1.81 bits per heavy atom. The first-order chi connectivity index (χ1) is 14.9. The maximum atomic E-state index is 13.0. The maximum absolute atomic E-state index is 13.0. The summed E-state index contributed by atoms with van der Waals surface area (Å²) in [6, 6.07) is 10.7. The Bertz CT molecular complexity index is 1220. The van der Waals surface area contributed by atoms with Crippen molar-refractivity contribution in [2.24, 2.45) is 5.41 Å². The van der Waals surface area contributed by atoms with Gasteiger partial charge in [0.2, 0.25) is 5.91 Å². The highest BCUT2D eigenvalue weighted by atomic mass is 32.2. The lowest BCUT2D eigenvalue weighted by atomic mass is 9.72. The van der Waals surface area contributed by atoms with Gasteiger partial charge in [0.05, 0.1) is 22.7 Å². The highest BCUT2D eigenvalue weighted by Crippen LogP contribution is 2.51. The molecule has 2 aromatic carbocycles. The molecule has 0 saturated carbocycles. The van der Waals surface area contributed by atoms with Crippen LogP contribution in [0.3, 0.4) is 0 Å². The Hall–Kier alpha value is -2.84. The minimum Gasteiger partial charge on any atom is -0.506 e. The number of para-hydroxylation sites is 1. The number of nitrogens with zero attached hydrogens (tertiary/aromatic N) is 1. The third-order valence-corrected chi connectivity index (χ3v) is 7.31. The minimum absolute atomic E-state index is 0.00606. The van der Waals surface area contributed by atoms with Crippen molar-refractivity contribution in [1.82, 2.24) is 0 Å². The predicted octanol–water partition coefficient (Wildman–Crippen LogP) is 3.75. The first-order valence-electron chi connectivity index (χ1n) is 10.5. The number of aromatic hydroxyl groups is 1. The van der Waals surface area contributed by atoms with Crippen molar-refractivity contribution in [2.75, 3.05) is 16.5 Å². The van der Waals surface area contributed by atoms with Gasteiger partial charge in [-0.1, -0.05) is 32.0 Å². The highest BCUT2D eigenvalue weighted by Gasteiger charge is 2.43. The molecule has 0 spiro atoms. The summed E-state index contributed by atoms with van der Waals surface area (Å²) in [5.74, 6) is -0.256. The van der Waals surface area contributed by atoms with Gasteiger partial charge in [-0.05, 0) is 48.1 Å². The van der Waals surface area contributed by atoms with Crippen LogP contribution in [-0.4, -0.2) is 36.9 Å². The van der Waals surface area contributed by atoms with Crippen molar-refractivity contribution in [3.05, 3.63) is 59.3 Å². The number of rotatable bonds is 2. The zero-order valence-corrected chi connectivity index (χ0v) is 19.4. The Kier molecular flexibility index (Phi) is 5.33. The molecule has 7 nitrogen and oxygen atoms in total. The SMILES string of the molecule is CC(=O)N1c2cccc(O)c2NC2=C(C(O)CC(C)(C)C2)C1c1ccc(S(C)(=O)=O)cc1. The number of phenolic OH excluding ortho intramolecular Hbond substituents is 1. The van der Waals surface area contributed by atoms with Crippen LogP contribution in [0.1, 0.15) is 45.2 Å². The van der Waals surface area contributed by atoms with Gasteiger partial charge in [0.15, 0.2) is 9.84 Å². The smallest absolute Gasteiger partial charge is 0.224 e. The number of sulfone groups is 1. The van der Waals surface area contributed by atoms with Crippen molar-refractivity contribution in [1.29, 1.82) is 0 Å². The second-order valence-corrected chi connectivity index (χ2v) is 11.4. The lowest BCUT2D eigenvalue weighted by molar-refractivity contribution is -0.117. The molecule has 3 N–H and O–H groups in total. The average molecular weight is 457 g/mol. The van der Waals surface area contributed by atoms with E-state index in [1.807, 2.05) is 0 Å². The summed E-state index contributed by atoms with van der Waals surface area (Å²) in [6.45, 7) is 5.57. The summed E-state index contributed by atoms with van der Waals surface area (Å²) in [7, 11) is -3.38. The number of hydrogen-bond donors (Lipinski definition) is 3. The molecule has 2 unspecified atom stereocenters. The van der Waals surface area contributed by atoms with Crippen molar-refractivity contribution < 1.29 is 23.4 Å². The lowest BCUT2D eigenvalue weighted by Gasteiger charge is -2.40. The van der Waals surface area contributed by atoms with E-state index in [1.165, 1.54) is 19.1 Å². The maximum Gasteiger partial charge on any atom is 0.224 e. The zero-order chi connectivity index (χ0) is 23.4. The first-order valence-corrected chi connectivity index (χ1v) is 12.4. The van der Waals surface area contributed by atoms with Gasteiger partial charge in [-0.25, -0.2) is 8.42 Å². The second-order valence-electron chi connectivity index (χ2n) is 9.42. The van der Waals surface area contributed by atoms with E-state index in [2.05, 4.69) is 19.2 Å². The van der Waals surface area contributed by atoms with E-state index in [-0.39, 0.29) is 22.0 Å². The van der Waals surface area contributed by atoms with Gasteiger partial charge in [-0.15, -0.1) is 0 Å². The normalized spacial score (nSPS) is 22.5. The number of aliphatic hydroxyl groups excluding tert-OH is 1. The Morgan fingerprint density at radius 3 is 2.41 bits per heavy atom. The van der Waals surface area contributed by atoms with Crippen LogP contribution in [0.5, 0.6) is 5.75 Å². The molecule has 0 fully saturated rings. The summed E-state index contributed by atoms with van der Waals surface area (Å²) < 4.78 is 23.9. The lowest BCUT2D eigenvalue weighted by Crippen LogP contribution is -2.40. The largest absolute Gasteiger partial charge is 0.506 e. The molecule has 0 radical (unpaired) electrons. The number of phenols is 1. The number of benzene rings is 2. The van der Waals surface area contributed by atoms with Crippen LogP contribution in [0.2, 0.25) is 0 Å². The molecule has 1 heterocycles. The molecule has 1 aliphatic heterocycles. The van der Waals surface area contributed by atoms with Crippen LogP contribution in [0.4, 0.5) is 11.4 Å². The van der Waals surface area contributed by atoms with E-state index in [9.17, 15) is 23.4 Å². The van der Waals surface area contributed by atoms with Crippen LogP contribution < -0.4 is 10.2 Å². The molecule has 32 heavy (non-hydrogen) atoms. The van der Waals surface area contributed by atoms with Crippen molar-refractivity contribution in [3.63, 3.8) is 0 Å². The molecule has 0 saturated heterocycles. The molecule has 170 valence electrons. The van der Waals surface area contributed by atoms with Gasteiger partial charge in [0, 0.05) is 24.4 Å². The van der Waals surface area contributed by atoms with Gasteiger partial charge in [0.1, 0.15) is 11.4 Å². The molecule has 8 heteroatoms. The molecule has 2 aliphatic rings.